The van der Waals surface area contributed by atoms with Gasteiger partial charge in [0.25, 0.3) is 5.69 Å². The van der Waals surface area contributed by atoms with Crippen LogP contribution in [0.4, 0.5) is 18.9 Å². The molecule has 41 heavy (non-hydrogen) atoms. The van der Waals surface area contributed by atoms with Gasteiger partial charge in [-0.25, -0.2) is 19.3 Å². The predicted molar refractivity (Wildman–Crippen MR) is 143 cm³/mol. The van der Waals surface area contributed by atoms with E-state index in [0.29, 0.717) is 29.1 Å². The molecule has 3 aromatic rings. The van der Waals surface area contributed by atoms with E-state index < -0.39 is 51.8 Å². The summed E-state index contributed by atoms with van der Waals surface area (Å²) in [4.78, 5) is 34.9. The zero-order valence-electron chi connectivity index (χ0n) is 22.7. The first-order chi connectivity index (χ1) is 18.9. The van der Waals surface area contributed by atoms with Gasteiger partial charge in [-0.3, -0.25) is 10.1 Å². The molecule has 16 heteroatoms. The zero-order chi connectivity index (χ0) is 30.9. The standard InChI is InChI=1S/C25H26ClF3N4O7S/c1-12(2)40-19-8-13(24(3,4)5)16(9-15(19)26)32-22(35)30-31-23(32)41-20-10-18(39-11-21(34)38-6)14(25(27,28)29)7-17(20)33(36)37/h7-10,12H,11H2,1-6H3,(H,30,35). The number of nitrogens with one attached hydrogen (secondary N) is 1. The molecule has 2 aromatic carbocycles. The van der Waals surface area contributed by atoms with Crippen molar-refractivity contribution in [3.05, 3.63) is 61.0 Å². The molecule has 0 amide bonds. The Morgan fingerprint density at radius 2 is 1.83 bits per heavy atom. The van der Waals surface area contributed by atoms with Gasteiger partial charge in [-0.1, -0.05) is 32.4 Å². The fourth-order valence-corrected chi connectivity index (χ4v) is 4.81. The first kappa shape index (κ1) is 31.8. The minimum atomic E-state index is -5.05. The monoisotopic (exact) mass is 618 g/mol. The van der Waals surface area contributed by atoms with Crippen LogP contribution in [0.1, 0.15) is 45.7 Å². The Hall–Kier alpha value is -3.72. The Labute approximate surface area is 241 Å². The average molecular weight is 619 g/mol. The van der Waals surface area contributed by atoms with Crippen molar-refractivity contribution in [3.8, 4) is 17.2 Å². The van der Waals surface area contributed by atoms with Crippen molar-refractivity contribution in [2.45, 2.75) is 62.4 Å². The summed E-state index contributed by atoms with van der Waals surface area (Å²) in [5, 5.41) is 18.1. The minimum Gasteiger partial charge on any atom is -0.489 e. The highest BCUT2D eigenvalue weighted by Crippen LogP contribution is 2.45. The van der Waals surface area contributed by atoms with Crippen LogP contribution in [0.25, 0.3) is 5.69 Å². The molecule has 11 nitrogen and oxygen atoms in total. The van der Waals surface area contributed by atoms with Crippen LogP contribution in [0.3, 0.4) is 0 Å². The number of rotatable bonds is 9. The van der Waals surface area contributed by atoms with Gasteiger partial charge in [0.15, 0.2) is 6.61 Å². The van der Waals surface area contributed by atoms with E-state index in [1.807, 2.05) is 34.6 Å². The smallest absolute Gasteiger partial charge is 0.420 e. The number of aromatic amines is 1. The van der Waals surface area contributed by atoms with Crippen LogP contribution in [-0.2, 0) is 21.1 Å². The molecule has 1 heterocycles. The zero-order valence-corrected chi connectivity index (χ0v) is 24.3. The normalized spacial score (nSPS) is 12.0. The Bertz CT molecular complexity index is 1530. The number of benzene rings is 2. The van der Waals surface area contributed by atoms with Crippen LogP contribution in [0.5, 0.6) is 11.5 Å². The molecule has 1 aromatic heterocycles. The molecule has 0 aliphatic heterocycles. The highest BCUT2D eigenvalue weighted by molar-refractivity contribution is 7.99. The quantitative estimate of drug-likeness (QED) is 0.176. The van der Waals surface area contributed by atoms with Gasteiger partial charge in [0.1, 0.15) is 17.1 Å². The predicted octanol–water partition coefficient (Wildman–Crippen LogP) is 5.93. The van der Waals surface area contributed by atoms with Crippen molar-refractivity contribution in [1.82, 2.24) is 14.8 Å². The molecular formula is C25H26ClF3N4O7S. The molecule has 1 N–H and O–H groups in total. The van der Waals surface area contributed by atoms with Crippen LogP contribution >= 0.6 is 23.4 Å². The summed E-state index contributed by atoms with van der Waals surface area (Å²) in [6, 6.07) is 4.20. The Balaban J connectivity index is 2.23. The maximum absolute atomic E-state index is 13.7. The topological polar surface area (TPSA) is 139 Å². The Morgan fingerprint density at radius 1 is 1.17 bits per heavy atom. The van der Waals surface area contributed by atoms with Crippen LogP contribution in [0.2, 0.25) is 5.02 Å². The second kappa shape index (κ2) is 12.0. The number of esters is 1. The number of hydrogen-bond acceptors (Lipinski definition) is 9. The van der Waals surface area contributed by atoms with E-state index in [9.17, 15) is 32.9 Å². The lowest BCUT2D eigenvalue weighted by molar-refractivity contribution is -0.388. The van der Waals surface area contributed by atoms with Crippen molar-refractivity contribution < 1.29 is 37.1 Å². The van der Waals surface area contributed by atoms with Crippen LogP contribution in [-0.4, -0.2) is 45.5 Å². The number of nitro groups is 1. The molecular weight excluding hydrogens is 593 g/mol. The summed E-state index contributed by atoms with van der Waals surface area (Å²) >= 11 is 7.01. The summed E-state index contributed by atoms with van der Waals surface area (Å²) in [7, 11) is 1.02. The van der Waals surface area contributed by atoms with Crippen LogP contribution < -0.4 is 15.2 Å². The molecule has 222 valence electrons. The van der Waals surface area contributed by atoms with E-state index >= 15 is 0 Å². The first-order valence-electron chi connectivity index (χ1n) is 11.9. The molecule has 0 aliphatic rings. The maximum Gasteiger partial charge on any atom is 0.420 e. The Kier molecular flexibility index (Phi) is 9.33. The maximum atomic E-state index is 13.7. The number of halogens is 4. The molecule has 0 saturated carbocycles. The van der Waals surface area contributed by atoms with Gasteiger partial charge in [-0.2, -0.15) is 13.2 Å². The molecule has 0 fully saturated rings. The van der Waals surface area contributed by atoms with E-state index in [4.69, 9.17) is 21.1 Å². The lowest BCUT2D eigenvalue weighted by Gasteiger charge is -2.25. The largest absolute Gasteiger partial charge is 0.489 e. The number of carbonyl (C=O) groups excluding carboxylic acids is 1. The summed E-state index contributed by atoms with van der Waals surface area (Å²) in [6.07, 6.45) is -5.25. The number of nitro benzene ring substituents is 1. The molecule has 0 radical (unpaired) electrons. The second-order valence-corrected chi connectivity index (χ2v) is 11.3. The van der Waals surface area contributed by atoms with Gasteiger partial charge in [0.05, 0.1) is 33.7 Å². The highest BCUT2D eigenvalue weighted by Gasteiger charge is 2.38. The fraction of sp³-hybridized carbons (Fsp3) is 0.400. The number of methoxy groups -OCH3 is 1. The lowest BCUT2D eigenvalue weighted by atomic mass is 9.85. The van der Waals surface area contributed by atoms with Crippen molar-refractivity contribution >= 4 is 35.0 Å². The summed E-state index contributed by atoms with van der Waals surface area (Å²) in [5.74, 6) is -1.45. The van der Waals surface area contributed by atoms with Gasteiger partial charge in [0.2, 0.25) is 5.16 Å². The van der Waals surface area contributed by atoms with Crippen LogP contribution in [0.15, 0.2) is 39.1 Å². The SMILES string of the molecule is COC(=O)COc1cc(Sc2n[nH]c(=O)n2-c2cc(Cl)c(OC(C)C)cc2C(C)(C)C)c([N+](=O)[O-])cc1C(F)(F)F. The van der Waals surface area contributed by atoms with Crippen molar-refractivity contribution in [1.29, 1.82) is 0 Å². The van der Waals surface area contributed by atoms with Crippen molar-refractivity contribution in [2.75, 3.05) is 13.7 Å². The number of ether oxygens (including phenoxy) is 3. The molecule has 0 atom stereocenters. The van der Waals surface area contributed by atoms with Gasteiger partial charge in [-0.05, 0) is 48.7 Å². The number of aromatic nitrogens is 3. The second-order valence-electron chi connectivity index (χ2n) is 9.90. The number of nitrogens with zero attached hydrogens (tertiary/aromatic N) is 3. The molecule has 0 saturated heterocycles. The van der Waals surface area contributed by atoms with E-state index in [0.717, 1.165) is 17.7 Å². The fourth-order valence-electron chi connectivity index (χ4n) is 3.65. The van der Waals surface area contributed by atoms with Crippen molar-refractivity contribution in [3.63, 3.8) is 0 Å². The summed E-state index contributed by atoms with van der Waals surface area (Å²) in [5.41, 5.74) is -2.82. The van der Waals surface area contributed by atoms with E-state index in [1.54, 1.807) is 6.07 Å². The minimum absolute atomic E-state index is 0.143. The average Bonchev–Trinajstić information content (AvgIpc) is 3.21. The summed E-state index contributed by atoms with van der Waals surface area (Å²) in [6.45, 7) is 8.38. The third-order valence-electron chi connectivity index (χ3n) is 5.44. The van der Waals surface area contributed by atoms with E-state index in [-0.39, 0.29) is 26.9 Å². The van der Waals surface area contributed by atoms with Gasteiger partial charge in [0, 0.05) is 12.1 Å². The van der Waals surface area contributed by atoms with Crippen LogP contribution in [0, 0.1) is 10.1 Å². The number of H-pyrrole nitrogens is 1. The lowest BCUT2D eigenvalue weighted by Crippen LogP contribution is -2.22. The summed E-state index contributed by atoms with van der Waals surface area (Å²) < 4.78 is 57.5. The van der Waals surface area contributed by atoms with Crippen molar-refractivity contribution in [2.24, 2.45) is 0 Å². The molecule has 0 spiro atoms. The highest BCUT2D eigenvalue weighted by atomic mass is 35.5. The molecule has 3 rings (SSSR count). The van der Waals surface area contributed by atoms with E-state index in [2.05, 4.69) is 14.9 Å². The van der Waals surface area contributed by atoms with Gasteiger partial charge in [-0.15, -0.1) is 5.10 Å². The third kappa shape index (κ3) is 7.33. The molecule has 0 unspecified atom stereocenters. The number of hydrogen-bond donors (Lipinski definition) is 1. The van der Waals surface area contributed by atoms with Gasteiger partial charge < -0.3 is 14.2 Å². The van der Waals surface area contributed by atoms with E-state index in [1.165, 1.54) is 6.07 Å². The number of alkyl halides is 3. The molecule has 0 aliphatic carbocycles. The first-order valence-corrected chi connectivity index (χ1v) is 13.1. The van der Waals surface area contributed by atoms with Gasteiger partial charge >= 0.3 is 17.8 Å². The molecule has 0 bridgehead atoms. The number of carbonyl (C=O) groups is 1. The Morgan fingerprint density at radius 3 is 2.37 bits per heavy atom. The third-order valence-corrected chi connectivity index (χ3v) is 6.74.